The first kappa shape index (κ1) is 21.7. The maximum absolute atomic E-state index is 12.9. The van der Waals surface area contributed by atoms with E-state index >= 15 is 0 Å². The van der Waals surface area contributed by atoms with Gasteiger partial charge < -0.3 is 15.1 Å². The van der Waals surface area contributed by atoms with Gasteiger partial charge in [-0.05, 0) is 75.3 Å². The van der Waals surface area contributed by atoms with Crippen LogP contribution in [0.1, 0.15) is 56.7 Å². The molecule has 2 saturated heterocycles. The van der Waals surface area contributed by atoms with E-state index in [9.17, 15) is 4.79 Å². The Bertz CT molecular complexity index is 853. The summed E-state index contributed by atoms with van der Waals surface area (Å²) in [6.07, 6.45) is 4.44. The van der Waals surface area contributed by atoms with Crippen LogP contribution in [0.25, 0.3) is 0 Å². The number of carbonyl (C=O) groups is 1. The van der Waals surface area contributed by atoms with Crippen molar-refractivity contribution in [3.05, 3.63) is 59.7 Å². The second kappa shape index (κ2) is 9.76. The molecule has 2 atom stereocenters. The zero-order valence-corrected chi connectivity index (χ0v) is 19.3. The molecule has 0 spiro atoms. The molecule has 4 nitrogen and oxygen atoms in total. The van der Waals surface area contributed by atoms with E-state index in [0.717, 1.165) is 44.9 Å². The second-order valence-corrected chi connectivity index (χ2v) is 9.61. The van der Waals surface area contributed by atoms with Gasteiger partial charge in [-0.1, -0.05) is 36.8 Å². The number of rotatable bonds is 5. The zero-order valence-electron chi connectivity index (χ0n) is 19.3. The van der Waals surface area contributed by atoms with Gasteiger partial charge in [-0.2, -0.15) is 0 Å². The molecule has 0 saturated carbocycles. The SMILES string of the molecule is Cc1ccc(N2CCC(C(=O)N[C@@H](C)c3ccc(N4CCC[C@H](C)C4)cc3)CC2)cc1. The first-order valence-electron chi connectivity index (χ1n) is 12.0. The Balaban J connectivity index is 1.28. The van der Waals surface area contributed by atoms with Gasteiger partial charge in [0.25, 0.3) is 0 Å². The van der Waals surface area contributed by atoms with Gasteiger partial charge in [0.1, 0.15) is 0 Å². The van der Waals surface area contributed by atoms with Crippen LogP contribution < -0.4 is 15.1 Å². The fourth-order valence-corrected chi connectivity index (χ4v) is 4.97. The molecule has 2 aliphatic heterocycles. The third kappa shape index (κ3) is 5.41. The Hall–Kier alpha value is -2.49. The van der Waals surface area contributed by atoms with Crippen LogP contribution in [0.4, 0.5) is 11.4 Å². The van der Waals surface area contributed by atoms with Crippen molar-refractivity contribution in [3.63, 3.8) is 0 Å². The summed E-state index contributed by atoms with van der Waals surface area (Å²) in [5.74, 6) is 1.08. The van der Waals surface area contributed by atoms with Crippen LogP contribution in [-0.2, 0) is 4.79 Å². The summed E-state index contributed by atoms with van der Waals surface area (Å²) in [7, 11) is 0. The van der Waals surface area contributed by atoms with E-state index in [1.54, 1.807) is 0 Å². The molecule has 2 aromatic rings. The van der Waals surface area contributed by atoms with Crippen molar-refractivity contribution in [1.82, 2.24) is 5.32 Å². The number of carbonyl (C=O) groups excluding carboxylic acids is 1. The van der Waals surface area contributed by atoms with Crippen LogP contribution in [-0.4, -0.2) is 32.1 Å². The molecule has 0 radical (unpaired) electrons. The fourth-order valence-electron chi connectivity index (χ4n) is 4.97. The Morgan fingerprint density at radius 3 is 2.16 bits per heavy atom. The maximum atomic E-state index is 12.9. The van der Waals surface area contributed by atoms with Crippen molar-refractivity contribution in [2.75, 3.05) is 36.0 Å². The summed E-state index contributed by atoms with van der Waals surface area (Å²) < 4.78 is 0. The molecule has 2 aromatic carbocycles. The van der Waals surface area contributed by atoms with Crippen LogP contribution >= 0.6 is 0 Å². The van der Waals surface area contributed by atoms with Gasteiger partial charge in [0.2, 0.25) is 5.91 Å². The molecule has 2 heterocycles. The highest BCUT2D eigenvalue weighted by atomic mass is 16.1. The van der Waals surface area contributed by atoms with Crippen molar-refractivity contribution in [2.45, 2.75) is 52.5 Å². The van der Waals surface area contributed by atoms with Gasteiger partial charge in [0, 0.05) is 43.5 Å². The van der Waals surface area contributed by atoms with Crippen molar-refractivity contribution in [3.8, 4) is 0 Å². The largest absolute Gasteiger partial charge is 0.371 e. The minimum atomic E-state index is 0.0388. The molecule has 0 bridgehead atoms. The Labute approximate surface area is 187 Å². The van der Waals surface area contributed by atoms with E-state index in [4.69, 9.17) is 0 Å². The zero-order chi connectivity index (χ0) is 21.8. The summed E-state index contributed by atoms with van der Waals surface area (Å²) in [6.45, 7) is 10.7. The lowest BCUT2D eigenvalue weighted by Gasteiger charge is -2.34. The van der Waals surface area contributed by atoms with Crippen LogP contribution in [0.3, 0.4) is 0 Å². The lowest BCUT2D eigenvalue weighted by atomic mass is 9.94. The predicted octanol–water partition coefficient (Wildman–Crippen LogP) is 5.33. The van der Waals surface area contributed by atoms with Crippen molar-refractivity contribution >= 4 is 17.3 Å². The van der Waals surface area contributed by atoms with Crippen LogP contribution in [0.2, 0.25) is 0 Å². The fraction of sp³-hybridized carbons (Fsp3) is 0.519. The summed E-state index contributed by atoms with van der Waals surface area (Å²) in [6, 6.07) is 17.5. The van der Waals surface area contributed by atoms with Crippen LogP contribution in [0.15, 0.2) is 48.5 Å². The number of anilines is 2. The normalized spacial score (nSPS) is 21.1. The molecule has 1 amide bonds. The molecule has 4 heteroatoms. The van der Waals surface area contributed by atoms with Crippen molar-refractivity contribution in [2.24, 2.45) is 11.8 Å². The van der Waals surface area contributed by atoms with E-state index in [2.05, 4.69) is 84.4 Å². The molecular formula is C27H37N3O. The molecule has 4 rings (SSSR count). The number of piperidine rings is 2. The van der Waals surface area contributed by atoms with Gasteiger partial charge in [-0.15, -0.1) is 0 Å². The number of nitrogens with zero attached hydrogens (tertiary/aromatic N) is 2. The highest BCUT2D eigenvalue weighted by Crippen LogP contribution is 2.26. The third-order valence-corrected chi connectivity index (χ3v) is 7.04. The highest BCUT2D eigenvalue weighted by molar-refractivity contribution is 5.79. The predicted molar refractivity (Wildman–Crippen MR) is 130 cm³/mol. The molecule has 1 N–H and O–H groups in total. The number of benzene rings is 2. The molecule has 0 aromatic heterocycles. The Kier molecular flexibility index (Phi) is 6.84. The van der Waals surface area contributed by atoms with Gasteiger partial charge in [-0.3, -0.25) is 4.79 Å². The van der Waals surface area contributed by atoms with E-state index in [1.165, 1.54) is 35.3 Å². The Morgan fingerprint density at radius 1 is 0.903 bits per heavy atom. The standard InChI is InChI=1S/C27H37N3O/c1-20-6-10-25(11-7-20)29-17-14-24(15-18-29)27(31)28-22(3)23-8-12-26(13-9-23)30-16-4-5-21(2)19-30/h6-13,21-22,24H,4-5,14-19H2,1-3H3,(H,28,31)/t21-,22-/m0/s1. The number of hydrogen-bond acceptors (Lipinski definition) is 3. The summed E-state index contributed by atoms with van der Waals surface area (Å²) in [5, 5.41) is 3.26. The van der Waals surface area contributed by atoms with Gasteiger partial charge in [0.05, 0.1) is 6.04 Å². The monoisotopic (exact) mass is 419 g/mol. The van der Waals surface area contributed by atoms with E-state index < -0.39 is 0 Å². The highest BCUT2D eigenvalue weighted by Gasteiger charge is 2.26. The van der Waals surface area contributed by atoms with E-state index in [1.807, 2.05) is 0 Å². The number of nitrogens with one attached hydrogen (secondary N) is 1. The molecule has 0 unspecified atom stereocenters. The smallest absolute Gasteiger partial charge is 0.223 e. The number of amides is 1. The molecular weight excluding hydrogens is 382 g/mol. The van der Waals surface area contributed by atoms with Gasteiger partial charge in [0.15, 0.2) is 0 Å². The van der Waals surface area contributed by atoms with Crippen molar-refractivity contribution in [1.29, 1.82) is 0 Å². The molecule has 0 aliphatic carbocycles. The average molecular weight is 420 g/mol. The average Bonchev–Trinajstić information content (AvgIpc) is 2.80. The summed E-state index contributed by atoms with van der Waals surface area (Å²) in [5.41, 5.74) is 5.03. The second-order valence-electron chi connectivity index (χ2n) is 9.61. The minimum Gasteiger partial charge on any atom is -0.371 e. The minimum absolute atomic E-state index is 0.0388. The Morgan fingerprint density at radius 2 is 1.52 bits per heavy atom. The third-order valence-electron chi connectivity index (χ3n) is 7.04. The van der Waals surface area contributed by atoms with Crippen LogP contribution in [0, 0.1) is 18.8 Å². The quantitative estimate of drug-likeness (QED) is 0.712. The first-order chi connectivity index (χ1) is 15.0. The lowest BCUT2D eigenvalue weighted by molar-refractivity contribution is -0.126. The molecule has 31 heavy (non-hydrogen) atoms. The van der Waals surface area contributed by atoms with Gasteiger partial charge >= 0.3 is 0 Å². The lowest BCUT2D eigenvalue weighted by Crippen LogP contribution is -2.41. The maximum Gasteiger partial charge on any atom is 0.223 e. The topological polar surface area (TPSA) is 35.6 Å². The first-order valence-corrected chi connectivity index (χ1v) is 12.0. The summed E-state index contributed by atoms with van der Waals surface area (Å²) in [4.78, 5) is 17.8. The molecule has 166 valence electrons. The van der Waals surface area contributed by atoms with Gasteiger partial charge in [-0.25, -0.2) is 0 Å². The molecule has 2 aliphatic rings. The number of aryl methyl sites for hydroxylation is 1. The van der Waals surface area contributed by atoms with Crippen LogP contribution in [0.5, 0.6) is 0 Å². The van der Waals surface area contributed by atoms with E-state index in [0.29, 0.717) is 0 Å². The molecule has 2 fully saturated rings. The van der Waals surface area contributed by atoms with E-state index in [-0.39, 0.29) is 17.9 Å². The summed E-state index contributed by atoms with van der Waals surface area (Å²) >= 11 is 0. The number of hydrogen-bond donors (Lipinski definition) is 1. The van der Waals surface area contributed by atoms with Crippen molar-refractivity contribution < 1.29 is 4.79 Å².